The molecule has 0 aromatic heterocycles. The van der Waals surface area contributed by atoms with Crippen LogP contribution in [0.25, 0.3) is 11.1 Å². The first-order valence-electron chi connectivity index (χ1n) is 12.1. The van der Waals surface area contributed by atoms with Gasteiger partial charge in [0.1, 0.15) is 12.4 Å². The number of Topliss-reactive ketones (excluding diaryl/α,β-unsaturated/α-hetero) is 1. The van der Waals surface area contributed by atoms with Crippen LogP contribution in [0.15, 0.2) is 60.7 Å². The Labute approximate surface area is 225 Å². The predicted molar refractivity (Wildman–Crippen MR) is 143 cm³/mol. The van der Waals surface area contributed by atoms with Crippen LogP contribution in [0.4, 0.5) is 8.78 Å². The van der Waals surface area contributed by atoms with E-state index in [1.807, 2.05) is 0 Å². The van der Waals surface area contributed by atoms with Gasteiger partial charge in [-0.15, -0.1) is 0 Å². The van der Waals surface area contributed by atoms with Gasteiger partial charge in [-0.05, 0) is 59.2 Å². The third-order valence-corrected chi connectivity index (χ3v) is 8.35. The van der Waals surface area contributed by atoms with Crippen molar-refractivity contribution in [1.82, 2.24) is 9.21 Å². The fraction of sp³-hybridized carbons (Fsp3) is 0.250. The topological polar surface area (TPSA) is 66.9 Å². The van der Waals surface area contributed by atoms with Crippen molar-refractivity contribution in [3.63, 3.8) is 0 Å². The molecule has 0 spiro atoms. The monoisotopic (exact) mass is 558 g/mol. The van der Waals surface area contributed by atoms with Crippen molar-refractivity contribution in [2.24, 2.45) is 0 Å². The zero-order chi connectivity index (χ0) is 27.0. The first-order chi connectivity index (χ1) is 18.1. The summed E-state index contributed by atoms with van der Waals surface area (Å²) in [5.41, 5.74) is 2.98. The molecule has 0 radical (unpaired) electrons. The summed E-state index contributed by atoms with van der Waals surface area (Å²) in [6.45, 7) is 3.09. The molecule has 0 atom stereocenters. The van der Waals surface area contributed by atoms with Crippen LogP contribution in [-0.4, -0.2) is 69.0 Å². The van der Waals surface area contributed by atoms with Crippen molar-refractivity contribution in [3.8, 4) is 5.75 Å². The van der Waals surface area contributed by atoms with E-state index in [-0.39, 0.29) is 16.9 Å². The van der Waals surface area contributed by atoms with Gasteiger partial charge in [0.05, 0.1) is 6.26 Å². The minimum Gasteiger partial charge on any atom is -0.492 e. The van der Waals surface area contributed by atoms with E-state index in [1.165, 1.54) is 16.6 Å². The average Bonchev–Trinajstić information content (AvgIpc) is 3.18. The van der Waals surface area contributed by atoms with Crippen LogP contribution in [0.5, 0.6) is 5.75 Å². The smallest absolute Gasteiger partial charge is 0.211 e. The maximum Gasteiger partial charge on any atom is 0.211 e. The van der Waals surface area contributed by atoms with Gasteiger partial charge in [-0.3, -0.25) is 9.69 Å². The minimum absolute atomic E-state index is 0.280. The quantitative estimate of drug-likeness (QED) is 0.419. The fourth-order valence-electron chi connectivity index (χ4n) is 4.82. The van der Waals surface area contributed by atoms with E-state index in [0.717, 1.165) is 17.7 Å². The van der Waals surface area contributed by atoms with E-state index in [9.17, 15) is 22.0 Å². The van der Waals surface area contributed by atoms with E-state index in [1.54, 1.807) is 42.5 Å². The summed E-state index contributed by atoms with van der Waals surface area (Å²) in [6, 6.07) is 15.7. The molecule has 1 fully saturated rings. The molecule has 6 nitrogen and oxygen atoms in total. The molecule has 2 aliphatic rings. The Kier molecular flexibility index (Phi) is 7.37. The summed E-state index contributed by atoms with van der Waals surface area (Å²) in [7, 11) is -3.19. The van der Waals surface area contributed by atoms with E-state index in [4.69, 9.17) is 16.3 Å². The number of carbonyl (C=O) groups is 1. The molecule has 0 amide bonds. The Morgan fingerprint density at radius 1 is 0.842 bits per heavy atom. The van der Waals surface area contributed by atoms with Crippen LogP contribution in [0, 0.1) is 11.6 Å². The zero-order valence-corrected chi connectivity index (χ0v) is 22.2. The molecule has 1 aliphatic carbocycles. The van der Waals surface area contributed by atoms with Gasteiger partial charge in [0.15, 0.2) is 17.4 Å². The van der Waals surface area contributed by atoms with Crippen molar-refractivity contribution < 1.29 is 26.7 Å². The summed E-state index contributed by atoms with van der Waals surface area (Å²) in [5, 5.41) is 0.537. The standard InChI is InChI=1S/C28H25ClF2N2O4S/c1-38(35,36)33-12-10-32(11-13-33)14-15-37-21-7-8-22-23(17-21)28(34)27(19-4-9-24(30)25(31)16-19)26(22)18-2-5-20(29)6-3-18/h2-9,16-17H,10-15H2,1H3. The van der Waals surface area contributed by atoms with Crippen molar-refractivity contribution in [3.05, 3.63) is 99.6 Å². The van der Waals surface area contributed by atoms with E-state index in [0.29, 0.717) is 66.8 Å². The number of hydrogen-bond donors (Lipinski definition) is 0. The summed E-state index contributed by atoms with van der Waals surface area (Å²) in [6.07, 6.45) is 1.21. The van der Waals surface area contributed by atoms with Crippen molar-refractivity contribution in [1.29, 1.82) is 0 Å². The largest absolute Gasteiger partial charge is 0.492 e. The van der Waals surface area contributed by atoms with Gasteiger partial charge in [0.2, 0.25) is 10.0 Å². The van der Waals surface area contributed by atoms with Gasteiger partial charge in [-0.2, -0.15) is 4.31 Å². The molecule has 5 rings (SSSR count). The maximum absolute atomic E-state index is 14.1. The molecule has 0 saturated carbocycles. The molecule has 0 unspecified atom stereocenters. The van der Waals surface area contributed by atoms with Crippen LogP contribution in [0.1, 0.15) is 27.0 Å². The number of nitrogens with zero attached hydrogens (tertiary/aromatic N) is 2. The molecule has 3 aromatic rings. The molecule has 0 N–H and O–H groups in total. The lowest BCUT2D eigenvalue weighted by atomic mass is 9.94. The first kappa shape index (κ1) is 26.5. The Balaban J connectivity index is 1.37. The fourth-order valence-corrected chi connectivity index (χ4v) is 5.78. The second kappa shape index (κ2) is 10.6. The second-order valence-corrected chi connectivity index (χ2v) is 11.7. The summed E-state index contributed by atoms with van der Waals surface area (Å²) in [4.78, 5) is 15.7. The molecular formula is C28H25ClF2N2O4S. The Morgan fingerprint density at radius 2 is 1.53 bits per heavy atom. The number of rotatable bonds is 7. The highest BCUT2D eigenvalue weighted by Gasteiger charge is 2.32. The highest BCUT2D eigenvalue weighted by molar-refractivity contribution is 7.88. The number of benzene rings is 3. The number of sulfonamides is 1. The van der Waals surface area contributed by atoms with Gasteiger partial charge >= 0.3 is 0 Å². The van der Waals surface area contributed by atoms with Crippen LogP contribution in [0.3, 0.4) is 0 Å². The lowest BCUT2D eigenvalue weighted by Gasteiger charge is -2.33. The number of fused-ring (bicyclic) bond motifs is 1. The molecule has 1 aliphatic heterocycles. The number of allylic oxidation sites excluding steroid dienone is 1. The number of piperazine rings is 1. The van der Waals surface area contributed by atoms with Gasteiger partial charge < -0.3 is 4.74 Å². The number of halogens is 3. The molecule has 10 heteroatoms. The van der Waals surface area contributed by atoms with E-state index >= 15 is 0 Å². The first-order valence-corrected chi connectivity index (χ1v) is 14.3. The molecule has 3 aromatic carbocycles. The van der Waals surface area contributed by atoms with Gasteiger partial charge in [-0.1, -0.05) is 29.8 Å². The Bertz CT molecular complexity index is 1530. The summed E-state index contributed by atoms with van der Waals surface area (Å²) in [5.74, 6) is -1.82. The van der Waals surface area contributed by atoms with Crippen LogP contribution < -0.4 is 4.74 Å². The third kappa shape index (κ3) is 5.37. The number of carbonyl (C=O) groups excluding carboxylic acids is 1. The highest BCUT2D eigenvalue weighted by Crippen LogP contribution is 2.43. The normalized spacial score (nSPS) is 16.7. The van der Waals surface area contributed by atoms with Crippen LogP contribution in [0.2, 0.25) is 5.02 Å². The van der Waals surface area contributed by atoms with Gasteiger partial charge in [0.25, 0.3) is 0 Å². The Hall–Kier alpha value is -3.11. The van der Waals surface area contributed by atoms with Crippen molar-refractivity contribution >= 4 is 38.6 Å². The molecule has 1 heterocycles. The number of ketones is 1. The second-order valence-electron chi connectivity index (χ2n) is 9.27. The van der Waals surface area contributed by atoms with Gasteiger partial charge in [-0.25, -0.2) is 17.2 Å². The van der Waals surface area contributed by atoms with Crippen LogP contribution >= 0.6 is 11.6 Å². The molecule has 38 heavy (non-hydrogen) atoms. The molecule has 1 saturated heterocycles. The van der Waals surface area contributed by atoms with Crippen molar-refractivity contribution in [2.45, 2.75) is 0 Å². The zero-order valence-electron chi connectivity index (χ0n) is 20.6. The lowest BCUT2D eigenvalue weighted by molar-refractivity contribution is 0.105. The van der Waals surface area contributed by atoms with E-state index < -0.39 is 21.7 Å². The highest BCUT2D eigenvalue weighted by atomic mass is 35.5. The average molecular weight is 559 g/mol. The molecule has 198 valence electrons. The van der Waals surface area contributed by atoms with E-state index in [2.05, 4.69) is 4.90 Å². The summed E-state index contributed by atoms with van der Waals surface area (Å²) < 4.78 is 58.6. The number of ether oxygens (including phenoxy) is 1. The van der Waals surface area contributed by atoms with Gasteiger partial charge in [0, 0.05) is 54.5 Å². The summed E-state index contributed by atoms with van der Waals surface area (Å²) >= 11 is 6.07. The molecule has 0 bridgehead atoms. The predicted octanol–water partition coefficient (Wildman–Crippen LogP) is 4.73. The SMILES string of the molecule is CS(=O)(=O)N1CCN(CCOc2ccc3c(c2)C(=O)C(c2ccc(F)c(F)c2)=C3c2ccc(Cl)cc2)CC1. The number of hydrogen-bond acceptors (Lipinski definition) is 5. The van der Waals surface area contributed by atoms with Crippen LogP contribution in [-0.2, 0) is 10.0 Å². The molecular weight excluding hydrogens is 534 g/mol. The minimum atomic E-state index is -3.19. The van der Waals surface area contributed by atoms with Crippen molar-refractivity contribution in [2.75, 3.05) is 45.6 Å². The maximum atomic E-state index is 14.1. The lowest BCUT2D eigenvalue weighted by Crippen LogP contribution is -2.49. The third-order valence-electron chi connectivity index (χ3n) is 6.80. The Morgan fingerprint density at radius 3 is 2.18 bits per heavy atom.